The van der Waals surface area contributed by atoms with Crippen molar-refractivity contribution in [3.63, 3.8) is 0 Å². The van der Waals surface area contributed by atoms with Crippen LogP contribution in [0.3, 0.4) is 0 Å². The summed E-state index contributed by atoms with van der Waals surface area (Å²) in [6, 6.07) is 7.07. The predicted molar refractivity (Wildman–Crippen MR) is 84.5 cm³/mol. The van der Waals surface area contributed by atoms with E-state index in [-0.39, 0.29) is 5.54 Å². The maximum absolute atomic E-state index is 12.3. The summed E-state index contributed by atoms with van der Waals surface area (Å²) < 4.78 is 27.3. The minimum absolute atomic E-state index is 0.101. The van der Waals surface area contributed by atoms with E-state index in [1.165, 1.54) is 0 Å². The van der Waals surface area contributed by atoms with E-state index in [9.17, 15) is 8.42 Å². The molecule has 0 fully saturated rings. The van der Waals surface area contributed by atoms with E-state index >= 15 is 0 Å². The highest BCUT2D eigenvalue weighted by Gasteiger charge is 2.24. The summed E-state index contributed by atoms with van der Waals surface area (Å²) in [7, 11) is -3.45. The Morgan fingerprint density at radius 1 is 1.10 bits per heavy atom. The zero-order valence-corrected chi connectivity index (χ0v) is 13.7. The van der Waals surface area contributed by atoms with Crippen LogP contribution in [-0.2, 0) is 10.0 Å². The highest BCUT2D eigenvalue weighted by atomic mass is 32.2. The van der Waals surface area contributed by atoms with Gasteiger partial charge in [0.15, 0.2) is 0 Å². The summed E-state index contributed by atoms with van der Waals surface area (Å²) in [5.74, 6) is 0. The first kappa shape index (κ1) is 17.0. The van der Waals surface area contributed by atoms with Crippen molar-refractivity contribution in [3.05, 3.63) is 24.3 Å². The molecule has 0 radical (unpaired) electrons. The van der Waals surface area contributed by atoms with Gasteiger partial charge in [-0.25, -0.2) is 13.1 Å². The molecule has 2 N–H and O–H groups in total. The van der Waals surface area contributed by atoms with Crippen LogP contribution in [0.2, 0.25) is 0 Å². The first-order valence-corrected chi connectivity index (χ1v) is 8.73. The van der Waals surface area contributed by atoms with Crippen molar-refractivity contribution < 1.29 is 8.42 Å². The molecule has 0 atom stereocenters. The number of sulfonamides is 1. The fourth-order valence-corrected chi connectivity index (χ4v) is 3.16. The minimum Gasteiger partial charge on any atom is -0.379 e. The quantitative estimate of drug-likeness (QED) is 0.773. The Morgan fingerprint density at radius 2 is 1.70 bits per heavy atom. The average Bonchev–Trinajstić information content (AvgIpc) is 2.45. The zero-order chi connectivity index (χ0) is 15.2. The van der Waals surface area contributed by atoms with Gasteiger partial charge in [0, 0.05) is 12.1 Å². The molecule has 1 rings (SSSR count). The second kappa shape index (κ2) is 7.09. The molecule has 0 spiro atoms. The number of nitrogens with one attached hydrogen (secondary N) is 2. The molecule has 0 aliphatic rings. The molecule has 0 heterocycles. The molecular weight excluding hydrogens is 272 g/mol. The van der Waals surface area contributed by atoms with Gasteiger partial charge in [-0.05, 0) is 38.3 Å². The number of benzene rings is 1. The maximum Gasteiger partial charge on any atom is 0.242 e. The molecule has 0 aliphatic carbocycles. The Bertz CT molecular complexity index is 522. The third kappa shape index (κ3) is 4.21. The number of rotatable bonds is 8. The van der Waals surface area contributed by atoms with Gasteiger partial charge in [0.05, 0.1) is 5.69 Å². The molecule has 4 nitrogen and oxygen atoms in total. The molecule has 1 aromatic rings. The van der Waals surface area contributed by atoms with Crippen molar-refractivity contribution in [2.75, 3.05) is 11.9 Å². The van der Waals surface area contributed by atoms with E-state index in [2.05, 4.69) is 30.8 Å². The van der Waals surface area contributed by atoms with E-state index in [4.69, 9.17) is 0 Å². The van der Waals surface area contributed by atoms with Crippen LogP contribution in [0.25, 0.3) is 0 Å². The Hall–Kier alpha value is -1.07. The Morgan fingerprint density at radius 3 is 2.25 bits per heavy atom. The average molecular weight is 298 g/mol. The van der Waals surface area contributed by atoms with E-state index in [0.29, 0.717) is 17.1 Å². The molecule has 0 saturated carbocycles. The number of para-hydroxylation sites is 1. The molecule has 0 amide bonds. The largest absolute Gasteiger partial charge is 0.379 e. The van der Waals surface area contributed by atoms with Gasteiger partial charge in [-0.2, -0.15) is 0 Å². The fourth-order valence-electron chi connectivity index (χ4n) is 1.87. The molecule has 0 unspecified atom stereocenters. The van der Waals surface area contributed by atoms with Gasteiger partial charge >= 0.3 is 0 Å². The van der Waals surface area contributed by atoms with Crippen LogP contribution < -0.4 is 10.0 Å². The highest BCUT2D eigenvalue weighted by molar-refractivity contribution is 7.89. The Labute approximate surface area is 123 Å². The van der Waals surface area contributed by atoms with Crippen molar-refractivity contribution in [1.29, 1.82) is 0 Å². The van der Waals surface area contributed by atoms with Gasteiger partial charge in [-0.15, -0.1) is 0 Å². The van der Waals surface area contributed by atoms with Crippen LogP contribution in [0.1, 0.15) is 47.0 Å². The second-order valence-electron chi connectivity index (χ2n) is 5.29. The highest BCUT2D eigenvalue weighted by Crippen LogP contribution is 2.27. The maximum atomic E-state index is 12.3. The zero-order valence-electron chi connectivity index (χ0n) is 12.9. The lowest BCUT2D eigenvalue weighted by atomic mass is 9.95. The number of hydrogen-bond acceptors (Lipinski definition) is 3. The standard InChI is InChI=1S/C15H26N2O2S/c1-5-12-16-20(18,19)14-11-9-8-10-13(14)17-15(4,6-2)7-3/h8-11,16-17H,5-7,12H2,1-4H3. The normalized spacial score (nSPS) is 12.4. The number of anilines is 1. The predicted octanol–water partition coefficient (Wildman–Crippen LogP) is 3.37. The van der Waals surface area contributed by atoms with Crippen molar-refractivity contribution in [2.24, 2.45) is 0 Å². The van der Waals surface area contributed by atoms with Crippen LogP contribution >= 0.6 is 0 Å². The molecule has 114 valence electrons. The third-order valence-electron chi connectivity index (χ3n) is 3.72. The van der Waals surface area contributed by atoms with Gasteiger partial charge in [0.25, 0.3) is 0 Å². The van der Waals surface area contributed by atoms with E-state index in [1.807, 2.05) is 19.1 Å². The van der Waals surface area contributed by atoms with Gasteiger partial charge in [-0.1, -0.05) is 32.9 Å². The van der Waals surface area contributed by atoms with Crippen LogP contribution in [0.15, 0.2) is 29.2 Å². The van der Waals surface area contributed by atoms with Gasteiger partial charge in [-0.3, -0.25) is 0 Å². The third-order valence-corrected chi connectivity index (χ3v) is 5.23. The summed E-state index contributed by atoms with van der Waals surface area (Å²) in [6.07, 6.45) is 2.64. The number of hydrogen-bond donors (Lipinski definition) is 2. The minimum atomic E-state index is -3.45. The van der Waals surface area contributed by atoms with Crippen LogP contribution in [0, 0.1) is 0 Å². The molecule has 0 aliphatic heterocycles. The molecule has 0 saturated heterocycles. The van der Waals surface area contributed by atoms with Crippen LogP contribution in [-0.4, -0.2) is 20.5 Å². The second-order valence-corrected chi connectivity index (χ2v) is 7.02. The topological polar surface area (TPSA) is 58.2 Å². The molecule has 0 bridgehead atoms. The van der Waals surface area contributed by atoms with Crippen molar-refractivity contribution in [1.82, 2.24) is 4.72 Å². The molecule has 0 aromatic heterocycles. The lowest BCUT2D eigenvalue weighted by molar-refractivity contribution is 0.477. The molecule has 20 heavy (non-hydrogen) atoms. The van der Waals surface area contributed by atoms with Gasteiger partial charge < -0.3 is 5.32 Å². The SMILES string of the molecule is CCCNS(=O)(=O)c1ccccc1NC(C)(CC)CC. The smallest absolute Gasteiger partial charge is 0.242 e. The van der Waals surface area contributed by atoms with Gasteiger partial charge in [0.1, 0.15) is 4.90 Å². The van der Waals surface area contributed by atoms with Crippen molar-refractivity contribution >= 4 is 15.7 Å². The Balaban J connectivity index is 3.11. The molecule has 5 heteroatoms. The lowest BCUT2D eigenvalue weighted by Gasteiger charge is -2.30. The molecular formula is C15H26N2O2S. The van der Waals surface area contributed by atoms with E-state index < -0.39 is 10.0 Å². The van der Waals surface area contributed by atoms with Crippen molar-refractivity contribution in [3.8, 4) is 0 Å². The first-order valence-electron chi connectivity index (χ1n) is 7.25. The lowest BCUT2D eigenvalue weighted by Crippen LogP contribution is -2.34. The van der Waals surface area contributed by atoms with E-state index in [1.54, 1.807) is 12.1 Å². The van der Waals surface area contributed by atoms with Crippen LogP contribution in [0.5, 0.6) is 0 Å². The summed E-state index contributed by atoms with van der Waals surface area (Å²) in [5, 5.41) is 3.39. The Kier molecular flexibility index (Phi) is 6.02. The summed E-state index contributed by atoms with van der Waals surface area (Å²) >= 11 is 0. The summed E-state index contributed by atoms with van der Waals surface area (Å²) in [6.45, 7) is 8.70. The van der Waals surface area contributed by atoms with E-state index in [0.717, 1.165) is 19.3 Å². The van der Waals surface area contributed by atoms with Crippen LogP contribution in [0.4, 0.5) is 5.69 Å². The van der Waals surface area contributed by atoms with Crippen molar-refractivity contribution in [2.45, 2.75) is 57.4 Å². The monoisotopic (exact) mass is 298 g/mol. The fraction of sp³-hybridized carbons (Fsp3) is 0.600. The van der Waals surface area contributed by atoms with Gasteiger partial charge in [0.2, 0.25) is 10.0 Å². The molecule has 1 aromatic carbocycles. The summed E-state index contributed by atoms with van der Waals surface area (Å²) in [4.78, 5) is 0.321. The first-order chi connectivity index (χ1) is 9.38. The summed E-state index contributed by atoms with van der Waals surface area (Å²) in [5.41, 5.74) is 0.568.